The van der Waals surface area contributed by atoms with E-state index in [0.717, 1.165) is 5.92 Å². The Kier molecular flexibility index (Phi) is 3.28. The molecule has 0 radical (unpaired) electrons. The first-order chi connectivity index (χ1) is 8.90. The van der Waals surface area contributed by atoms with Crippen LogP contribution in [0.25, 0.3) is 10.8 Å². The Bertz CT molecular complexity index is 524. The molecule has 2 nitrogen and oxygen atoms in total. The van der Waals surface area contributed by atoms with Gasteiger partial charge in [-0.05, 0) is 42.8 Å². The smallest absolute Gasteiger partial charge is 0.0352 e. The number of aromatic nitrogens is 1. The largest absolute Gasteiger partial charge is 0.313 e. The Balaban J connectivity index is 2.06. The first-order valence-corrected chi connectivity index (χ1v) is 6.90. The van der Waals surface area contributed by atoms with E-state index in [-0.39, 0.29) is 0 Å². The summed E-state index contributed by atoms with van der Waals surface area (Å²) in [5, 5.41) is 6.12. The lowest BCUT2D eigenvalue weighted by Gasteiger charge is -2.24. The minimum atomic E-state index is 0.485. The van der Waals surface area contributed by atoms with Gasteiger partial charge in [-0.1, -0.05) is 31.0 Å². The fourth-order valence-corrected chi connectivity index (χ4v) is 3.35. The fourth-order valence-electron chi connectivity index (χ4n) is 3.35. The zero-order valence-corrected chi connectivity index (χ0v) is 10.9. The van der Waals surface area contributed by atoms with E-state index in [1.54, 1.807) is 0 Å². The molecule has 0 spiro atoms. The van der Waals surface area contributed by atoms with Gasteiger partial charge in [0.15, 0.2) is 0 Å². The topological polar surface area (TPSA) is 24.9 Å². The SMILES string of the molecule is CNC(c1cccc2cnccc12)C1CCCC1. The van der Waals surface area contributed by atoms with E-state index in [2.05, 4.69) is 41.6 Å². The maximum Gasteiger partial charge on any atom is 0.0352 e. The molecule has 1 aromatic carbocycles. The van der Waals surface area contributed by atoms with Gasteiger partial charge in [0.2, 0.25) is 0 Å². The quantitative estimate of drug-likeness (QED) is 0.885. The van der Waals surface area contributed by atoms with Crippen molar-refractivity contribution in [3.8, 4) is 0 Å². The minimum Gasteiger partial charge on any atom is -0.313 e. The molecule has 2 aromatic rings. The van der Waals surface area contributed by atoms with Crippen molar-refractivity contribution in [3.63, 3.8) is 0 Å². The lowest BCUT2D eigenvalue weighted by molar-refractivity contribution is 0.392. The summed E-state index contributed by atoms with van der Waals surface area (Å²) in [7, 11) is 2.09. The van der Waals surface area contributed by atoms with Crippen LogP contribution < -0.4 is 5.32 Å². The summed E-state index contributed by atoms with van der Waals surface area (Å²) in [6.45, 7) is 0. The molecular formula is C16H20N2. The molecule has 94 valence electrons. The van der Waals surface area contributed by atoms with Crippen LogP contribution in [0.1, 0.15) is 37.3 Å². The Morgan fingerprint density at radius 1 is 1.22 bits per heavy atom. The van der Waals surface area contributed by atoms with Crippen LogP contribution in [0.15, 0.2) is 36.7 Å². The van der Waals surface area contributed by atoms with Crippen molar-refractivity contribution < 1.29 is 0 Å². The van der Waals surface area contributed by atoms with Crippen molar-refractivity contribution in [1.29, 1.82) is 0 Å². The van der Waals surface area contributed by atoms with Crippen LogP contribution in [0, 0.1) is 5.92 Å². The molecule has 3 rings (SSSR count). The van der Waals surface area contributed by atoms with Gasteiger partial charge in [-0.15, -0.1) is 0 Å². The molecule has 1 aliphatic carbocycles. The van der Waals surface area contributed by atoms with Crippen LogP contribution in [0.3, 0.4) is 0 Å². The van der Waals surface area contributed by atoms with E-state index in [1.165, 1.54) is 42.0 Å². The van der Waals surface area contributed by atoms with Crippen molar-refractivity contribution in [2.24, 2.45) is 5.92 Å². The Morgan fingerprint density at radius 2 is 2.06 bits per heavy atom. The molecule has 0 aliphatic heterocycles. The molecule has 1 aromatic heterocycles. The average molecular weight is 240 g/mol. The molecule has 1 aliphatic rings. The molecule has 1 atom stereocenters. The summed E-state index contributed by atoms with van der Waals surface area (Å²) < 4.78 is 0. The summed E-state index contributed by atoms with van der Waals surface area (Å²) in [6, 6.07) is 9.19. The van der Waals surface area contributed by atoms with Gasteiger partial charge in [0.05, 0.1) is 0 Å². The number of nitrogens with zero attached hydrogens (tertiary/aromatic N) is 1. The van der Waals surface area contributed by atoms with Gasteiger partial charge in [0.25, 0.3) is 0 Å². The Hall–Kier alpha value is -1.41. The highest BCUT2D eigenvalue weighted by atomic mass is 14.9. The van der Waals surface area contributed by atoms with Crippen LogP contribution in [0.4, 0.5) is 0 Å². The molecule has 1 saturated carbocycles. The van der Waals surface area contributed by atoms with E-state index in [1.807, 2.05) is 12.4 Å². The van der Waals surface area contributed by atoms with Gasteiger partial charge in [0, 0.05) is 23.8 Å². The van der Waals surface area contributed by atoms with E-state index in [0.29, 0.717) is 6.04 Å². The Morgan fingerprint density at radius 3 is 2.83 bits per heavy atom. The van der Waals surface area contributed by atoms with Crippen LogP contribution in [0.5, 0.6) is 0 Å². The predicted octanol–water partition coefficient (Wildman–Crippen LogP) is 3.69. The third kappa shape index (κ3) is 2.01. The number of hydrogen-bond acceptors (Lipinski definition) is 2. The molecule has 0 amide bonds. The average Bonchev–Trinajstić information content (AvgIpc) is 2.94. The van der Waals surface area contributed by atoms with E-state index >= 15 is 0 Å². The maximum absolute atomic E-state index is 4.22. The summed E-state index contributed by atoms with van der Waals surface area (Å²) in [5.41, 5.74) is 1.43. The fraction of sp³-hybridized carbons (Fsp3) is 0.438. The highest BCUT2D eigenvalue weighted by Gasteiger charge is 2.25. The minimum absolute atomic E-state index is 0.485. The summed E-state index contributed by atoms with van der Waals surface area (Å²) in [5.74, 6) is 0.786. The third-order valence-electron chi connectivity index (χ3n) is 4.23. The molecule has 1 unspecified atom stereocenters. The lowest BCUT2D eigenvalue weighted by atomic mass is 9.89. The molecule has 2 heteroatoms. The number of hydrogen-bond donors (Lipinski definition) is 1. The highest BCUT2D eigenvalue weighted by molar-refractivity contribution is 5.85. The van der Waals surface area contributed by atoms with Crippen molar-refractivity contribution >= 4 is 10.8 Å². The molecule has 1 heterocycles. The number of pyridine rings is 1. The standard InChI is InChI=1S/C16H20N2/c1-17-16(12-5-2-3-6-12)15-8-4-7-13-11-18-10-9-14(13)15/h4,7-12,16-17H,2-3,5-6H2,1H3. The van der Waals surface area contributed by atoms with Crippen LogP contribution in [-0.4, -0.2) is 12.0 Å². The molecule has 0 bridgehead atoms. The van der Waals surface area contributed by atoms with Crippen molar-refractivity contribution in [3.05, 3.63) is 42.2 Å². The lowest BCUT2D eigenvalue weighted by Crippen LogP contribution is -2.23. The summed E-state index contributed by atoms with van der Waals surface area (Å²) in [6.07, 6.45) is 9.33. The third-order valence-corrected chi connectivity index (χ3v) is 4.23. The van der Waals surface area contributed by atoms with E-state index in [4.69, 9.17) is 0 Å². The van der Waals surface area contributed by atoms with Gasteiger partial charge in [-0.25, -0.2) is 0 Å². The van der Waals surface area contributed by atoms with Crippen LogP contribution in [0.2, 0.25) is 0 Å². The monoisotopic (exact) mass is 240 g/mol. The zero-order chi connectivity index (χ0) is 12.4. The van der Waals surface area contributed by atoms with Gasteiger partial charge < -0.3 is 5.32 Å². The molecule has 0 saturated heterocycles. The zero-order valence-electron chi connectivity index (χ0n) is 10.9. The van der Waals surface area contributed by atoms with Crippen LogP contribution >= 0.6 is 0 Å². The second-order valence-corrected chi connectivity index (χ2v) is 5.25. The van der Waals surface area contributed by atoms with Crippen molar-refractivity contribution in [2.75, 3.05) is 7.05 Å². The second-order valence-electron chi connectivity index (χ2n) is 5.25. The second kappa shape index (κ2) is 5.07. The molecule has 18 heavy (non-hydrogen) atoms. The molecular weight excluding hydrogens is 220 g/mol. The van der Waals surface area contributed by atoms with Crippen molar-refractivity contribution in [1.82, 2.24) is 10.3 Å². The number of benzene rings is 1. The van der Waals surface area contributed by atoms with E-state index < -0.39 is 0 Å². The number of fused-ring (bicyclic) bond motifs is 1. The number of rotatable bonds is 3. The van der Waals surface area contributed by atoms with Crippen molar-refractivity contribution in [2.45, 2.75) is 31.7 Å². The maximum atomic E-state index is 4.22. The molecule has 1 fully saturated rings. The normalized spacial score (nSPS) is 18.3. The summed E-state index contributed by atoms with van der Waals surface area (Å²) >= 11 is 0. The van der Waals surface area contributed by atoms with Gasteiger partial charge in [-0.3, -0.25) is 4.98 Å². The van der Waals surface area contributed by atoms with E-state index in [9.17, 15) is 0 Å². The Labute approximate surface area is 108 Å². The van der Waals surface area contributed by atoms with Crippen LogP contribution in [-0.2, 0) is 0 Å². The van der Waals surface area contributed by atoms with Gasteiger partial charge in [-0.2, -0.15) is 0 Å². The highest BCUT2D eigenvalue weighted by Crippen LogP contribution is 2.37. The predicted molar refractivity (Wildman–Crippen MR) is 75.5 cm³/mol. The first kappa shape index (κ1) is 11.7. The number of nitrogens with one attached hydrogen (secondary N) is 1. The first-order valence-electron chi connectivity index (χ1n) is 6.90. The molecule has 1 N–H and O–H groups in total. The summed E-state index contributed by atoms with van der Waals surface area (Å²) in [4.78, 5) is 4.22. The van der Waals surface area contributed by atoms with Gasteiger partial charge >= 0.3 is 0 Å². The van der Waals surface area contributed by atoms with Gasteiger partial charge in [0.1, 0.15) is 0 Å².